The Labute approximate surface area is 164 Å². The van der Waals surface area contributed by atoms with Gasteiger partial charge in [-0.15, -0.1) is 0 Å². The molecule has 4 heterocycles. The molecule has 2 N–H and O–H groups in total. The first kappa shape index (κ1) is 18.5. The van der Waals surface area contributed by atoms with Gasteiger partial charge in [0.2, 0.25) is 0 Å². The van der Waals surface area contributed by atoms with Crippen LogP contribution in [0.5, 0.6) is 0 Å². The van der Waals surface area contributed by atoms with Gasteiger partial charge in [0.25, 0.3) is 0 Å². The molecule has 0 aromatic carbocycles. The zero-order valence-electron chi connectivity index (χ0n) is 16.4. The fourth-order valence-electron chi connectivity index (χ4n) is 3.58. The van der Waals surface area contributed by atoms with Crippen molar-refractivity contribution in [3.05, 3.63) is 48.0 Å². The Morgan fingerprint density at radius 1 is 1.46 bits per heavy atom. The van der Waals surface area contributed by atoms with E-state index in [2.05, 4.69) is 38.3 Å². The van der Waals surface area contributed by atoms with Crippen molar-refractivity contribution in [3.8, 4) is 0 Å². The van der Waals surface area contributed by atoms with Gasteiger partial charge in [-0.3, -0.25) is 9.67 Å². The van der Waals surface area contributed by atoms with E-state index in [0.717, 1.165) is 49.8 Å². The van der Waals surface area contributed by atoms with Crippen LogP contribution in [0.2, 0.25) is 0 Å². The van der Waals surface area contributed by atoms with E-state index >= 15 is 0 Å². The molecule has 0 aliphatic carbocycles. The van der Waals surface area contributed by atoms with Gasteiger partial charge in [-0.25, -0.2) is 4.98 Å². The summed E-state index contributed by atoms with van der Waals surface area (Å²) in [5, 5.41) is 8.86. The first-order valence-corrected chi connectivity index (χ1v) is 9.79. The second kappa shape index (κ2) is 8.43. The molecule has 4 rings (SSSR count). The molecule has 3 aromatic heterocycles. The monoisotopic (exact) mass is 381 g/mol. The average Bonchev–Trinajstić information content (AvgIpc) is 3.34. The quantitative estimate of drug-likeness (QED) is 0.521. The molecule has 0 amide bonds. The molecule has 0 bridgehead atoms. The van der Waals surface area contributed by atoms with E-state index in [4.69, 9.17) is 9.73 Å². The lowest BCUT2D eigenvalue weighted by molar-refractivity contribution is -0.00803. The molecule has 1 aliphatic heterocycles. The summed E-state index contributed by atoms with van der Waals surface area (Å²) in [4.78, 5) is 14.7. The zero-order valence-corrected chi connectivity index (χ0v) is 16.4. The third-order valence-corrected chi connectivity index (χ3v) is 4.98. The van der Waals surface area contributed by atoms with Crippen LogP contribution >= 0.6 is 0 Å². The summed E-state index contributed by atoms with van der Waals surface area (Å²) < 4.78 is 7.77. The molecule has 0 radical (unpaired) electrons. The molecule has 0 saturated carbocycles. The number of nitrogens with one attached hydrogen (secondary N) is 2. The molecule has 8 nitrogen and oxygen atoms in total. The van der Waals surface area contributed by atoms with Crippen LogP contribution in [-0.4, -0.2) is 63.4 Å². The van der Waals surface area contributed by atoms with Gasteiger partial charge in [-0.1, -0.05) is 0 Å². The van der Waals surface area contributed by atoms with Gasteiger partial charge in [0.05, 0.1) is 19.3 Å². The van der Waals surface area contributed by atoms with Crippen molar-refractivity contribution in [3.63, 3.8) is 0 Å². The maximum absolute atomic E-state index is 5.96. The number of guanidine groups is 1. The third-order valence-electron chi connectivity index (χ3n) is 4.98. The van der Waals surface area contributed by atoms with Crippen LogP contribution in [-0.2, 0) is 18.2 Å². The fraction of sp³-hybridized carbons (Fsp3) is 0.450. The van der Waals surface area contributed by atoms with Crippen molar-refractivity contribution in [2.24, 2.45) is 12.0 Å². The number of nitrogens with zero attached hydrogens (tertiary/aromatic N) is 5. The van der Waals surface area contributed by atoms with Gasteiger partial charge in [-0.05, 0) is 31.0 Å². The maximum Gasteiger partial charge on any atom is 0.194 e. The van der Waals surface area contributed by atoms with E-state index in [1.807, 2.05) is 36.4 Å². The van der Waals surface area contributed by atoms with E-state index in [-0.39, 0.29) is 6.10 Å². The van der Waals surface area contributed by atoms with Gasteiger partial charge >= 0.3 is 0 Å². The summed E-state index contributed by atoms with van der Waals surface area (Å²) in [6.07, 6.45) is 8.63. The number of morpholine rings is 1. The third kappa shape index (κ3) is 4.01. The van der Waals surface area contributed by atoms with E-state index in [1.54, 1.807) is 6.20 Å². The second-order valence-electron chi connectivity index (χ2n) is 6.95. The Kier molecular flexibility index (Phi) is 5.57. The average molecular weight is 381 g/mol. The lowest BCUT2D eigenvalue weighted by Crippen LogP contribution is -2.48. The molecule has 8 heteroatoms. The van der Waals surface area contributed by atoms with Crippen molar-refractivity contribution < 1.29 is 4.74 Å². The predicted octanol–water partition coefficient (Wildman–Crippen LogP) is 1.88. The summed E-state index contributed by atoms with van der Waals surface area (Å²) >= 11 is 0. The van der Waals surface area contributed by atoms with Crippen LogP contribution < -0.4 is 5.32 Å². The van der Waals surface area contributed by atoms with Gasteiger partial charge in [-0.2, -0.15) is 5.10 Å². The number of rotatable bonds is 5. The molecule has 1 atom stereocenters. The highest BCUT2D eigenvalue weighted by molar-refractivity contribution is 5.81. The van der Waals surface area contributed by atoms with E-state index < -0.39 is 0 Å². The minimum absolute atomic E-state index is 0.0194. The fourth-order valence-corrected chi connectivity index (χ4v) is 3.58. The normalized spacial score (nSPS) is 18.0. The van der Waals surface area contributed by atoms with Crippen LogP contribution in [0.4, 0.5) is 0 Å². The van der Waals surface area contributed by atoms with Crippen molar-refractivity contribution in [1.29, 1.82) is 0 Å². The summed E-state index contributed by atoms with van der Waals surface area (Å²) in [6, 6.07) is 4.07. The Bertz CT molecular complexity index is 945. The minimum atomic E-state index is 0.0194. The smallest absolute Gasteiger partial charge is 0.194 e. The Morgan fingerprint density at radius 2 is 2.39 bits per heavy atom. The van der Waals surface area contributed by atoms with Crippen molar-refractivity contribution in [2.45, 2.75) is 19.4 Å². The number of ether oxygens (including phenoxy) is 1. The standard InChI is InChI=1S/C20H27N7O/c1-3-21-20(23-8-6-15-11-24-19-17(15)5-4-7-22-19)27-9-10-28-18(14-27)16-12-25-26(2)13-16/h4-5,7,11-13,18H,3,6,8-10,14H2,1-2H3,(H,21,23)(H,22,24). The number of pyridine rings is 1. The number of aromatic nitrogens is 4. The second-order valence-corrected chi connectivity index (χ2v) is 6.95. The lowest BCUT2D eigenvalue weighted by Gasteiger charge is -2.34. The van der Waals surface area contributed by atoms with Crippen LogP contribution in [0.15, 0.2) is 41.9 Å². The number of hydrogen-bond acceptors (Lipinski definition) is 4. The van der Waals surface area contributed by atoms with Gasteiger partial charge in [0, 0.05) is 56.2 Å². The number of H-pyrrole nitrogens is 1. The summed E-state index contributed by atoms with van der Waals surface area (Å²) in [5.41, 5.74) is 3.29. The number of aliphatic imine (C=N–C) groups is 1. The highest BCUT2D eigenvalue weighted by Crippen LogP contribution is 2.22. The maximum atomic E-state index is 5.96. The van der Waals surface area contributed by atoms with Crippen LogP contribution in [0.25, 0.3) is 11.0 Å². The topological polar surface area (TPSA) is 83.4 Å². The van der Waals surface area contributed by atoms with E-state index in [9.17, 15) is 0 Å². The van der Waals surface area contributed by atoms with Gasteiger partial charge in [0.1, 0.15) is 11.8 Å². The van der Waals surface area contributed by atoms with E-state index in [1.165, 1.54) is 10.9 Å². The zero-order chi connectivity index (χ0) is 19.3. The predicted molar refractivity (Wildman–Crippen MR) is 109 cm³/mol. The van der Waals surface area contributed by atoms with Crippen LogP contribution in [0, 0.1) is 0 Å². The number of fused-ring (bicyclic) bond motifs is 1. The van der Waals surface area contributed by atoms with E-state index in [0.29, 0.717) is 6.61 Å². The molecular formula is C20H27N7O. The van der Waals surface area contributed by atoms with Crippen molar-refractivity contribution in [1.82, 2.24) is 30.0 Å². The lowest BCUT2D eigenvalue weighted by atomic mass is 10.1. The van der Waals surface area contributed by atoms with Gasteiger partial charge in [0.15, 0.2) is 5.96 Å². The number of hydrogen-bond donors (Lipinski definition) is 2. The first-order chi connectivity index (χ1) is 13.7. The summed E-state index contributed by atoms with van der Waals surface area (Å²) in [7, 11) is 1.93. The van der Waals surface area contributed by atoms with Crippen LogP contribution in [0.3, 0.4) is 0 Å². The molecule has 1 fully saturated rings. The molecule has 1 unspecified atom stereocenters. The van der Waals surface area contributed by atoms with Crippen molar-refractivity contribution >= 4 is 17.0 Å². The minimum Gasteiger partial charge on any atom is -0.370 e. The summed E-state index contributed by atoms with van der Waals surface area (Å²) in [6.45, 7) is 5.94. The molecule has 1 saturated heterocycles. The number of aromatic amines is 1. The Balaban J connectivity index is 1.43. The molecule has 1 aliphatic rings. The highest BCUT2D eigenvalue weighted by atomic mass is 16.5. The van der Waals surface area contributed by atoms with Crippen molar-refractivity contribution in [2.75, 3.05) is 32.8 Å². The molecule has 3 aromatic rings. The molecule has 0 spiro atoms. The summed E-state index contributed by atoms with van der Waals surface area (Å²) in [5.74, 6) is 0.942. The molecule has 28 heavy (non-hydrogen) atoms. The SMILES string of the molecule is CCNC(=NCCc1c[nH]c2ncccc12)N1CCOC(c2cnn(C)c2)C1. The first-order valence-electron chi connectivity index (χ1n) is 9.79. The largest absolute Gasteiger partial charge is 0.370 e. The Hall–Kier alpha value is -2.87. The molecule has 148 valence electrons. The molecular weight excluding hydrogens is 354 g/mol. The Morgan fingerprint density at radius 3 is 3.21 bits per heavy atom. The van der Waals surface area contributed by atoms with Gasteiger partial charge < -0.3 is 19.9 Å². The van der Waals surface area contributed by atoms with Crippen LogP contribution in [0.1, 0.15) is 24.2 Å². The highest BCUT2D eigenvalue weighted by Gasteiger charge is 2.25. The number of aryl methyl sites for hydroxylation is 1.